The van der Waals surface area contributed by atoms with Crippen LogP contribution in [0.1, 0.15) is 23.4 Å². The van der Waals surface area contributed by atoms with Gasteiger partial charge in [-0.1, -0.05) is 17.7 Å². The number of fused-ring (bicyclic) bond motifs is 1. The van der Waals surface area contributed by atoms with E-state index in [4.69, 9.17) is 0 Å². The van der Waals surface area contributed by atoms with E-state index in [-0.39, 0.29) is 23.3 Å². The fourth-order valence-electron chi connectivity index (χ4n) is 3.60. The number of anilines is 1. The Kier molecular flexibility index (Phi) is 5.42. The van der Waals surface area contributed by atoms with Crippen LogP contribution >= 0.6 is 11.3 Å². The van der Waals surface area contributed by atoms with Gasteiger partial charge in [-0.2, -0.15) is 4.31 Å². The minimum Gasteiger partial charge on any atom is -0.326 e. The zero-order chi connectivity index (χ0) is 20.6. The van der Waals surface area contributed by atoms with Crippen molar-refractivity contribution in [1.82, 2.24) is 9.29 Å². The van der Waals surface area contributed by atoms with E-state index < -0.39 is 10.0 Å². The molecule has 3 aromatic rings. The molecule has 1 fully saturated rings. The van der Waals surface area contributed by atoms with Gasteiger partial charge in [0, 0.05) is 18.8 Å². The number of carbonyl (C=O) groups excluding carboxylic acids is 1. The summed E-state index contributed by atoms with van der Waals surface area (Å²) in [5.74, 6) is -0.531. The summed E-state index contributed by atoms with van der Waals surface area (Å²) in [4.78, 5) is 17.5. The number of sulfonamides is 1. The van der Waals surface area contributed by atoms with Crippen LogP contribution < -0.4 is 5.32 Å². The molecule has 1 amide bonds. The average Bonchev–Trinajstić information content (AvgIpc) is 3.07. The van der Waals surface area contributed by atoms with Crippen LogP contribution in [0.3, 0.4) is 0 Å². The summed E-state index contributed by atoms with van der Waals surface area (Å²) in [6.07, 6.45) is 1.33. The van der Waals surface area contributed by atoms with Gasteiger partial charge in [0.2, 0.25) is 15.9 Å². The summed E-state index contributed by atoms with van der Waals surface area (Å²) in [5.41, 5.74) is 2.55. The quantitative estimate of drug-likeness (QED) is 0.681. The Balaban J connectivity index is 1.48. The molecule has 2 aromatic carbocycles. The first kappa shape index (κ1) is 20.0. The zero-order valence-corrected chi connectivity index (χ0v) is 18.0. The number of hydrogen-bond acceptors (Lipinski definition) is 5. The molecule has 0 bridgehead atoms. The maximum atomic E-state index is 13.0. The fraction of sp³-hybridized carbons (Fsp3) is 0.333. The lowest BCUT2D eigenvalue weighted by Crippen LogP contribution is -2.43. The molecule has 0 spiro atoms. The van der Waals surface area contributed by atoms with E-state index in [1.807, 2.05) is 32.0 Å². The Morgan fingerprint density at radius 2 is 1.93 bits per heavy atom. The molecule has 1 saturated heterocycles. The lowest BCUT2D eigenvalue weighted by atomic mass is 9.98. The predicted octanol–water partition coefficient (Wildman–Crippen LogP) is 3.95. The van der Waals surface area contributed by atoms with Crippen LogP contribution in [0.5, 0.6) is 0 Å². The predicted molar refractivity (Wildman–Crippen MR) is 116 cm³/mol. The third kappa shape index (κ3) is 4.19. The van der Waals surface area contributed by atoms with Gasteiger partial charge in [0.1, 0.15) is 0 Å². The minimum absolute atomic E-state index is 0.153. The Labute approximate surface area is 174 Å². The third-order valence-electron chi connectivity index (χ3n) is 5.18. The standard InChI is InChI=1S/C21H23N3O3S2/c1-14-5-8-18(9-6-14)29(26,27)24-11-3-4-16(13-24)21(25)23-17-7-10-20-19(12-17)22-15(2)28-20/h5-10,12,16H,3-4,11,13H2,1-2H3,(H,23,25). The summed E-state index contributed by atoms with van der Waals surface area (Å²) >= 11 is 1.61. The highest BCUT2D eigenvalue weighted by atomic mass is 32.2. The van der Waals surface area contributed by atoms with Crippen LogP contribution in [0, 0.1) is 19.8 Å². The molecule has 1 aliphatic heterocycles. The van der Waals surface area contributed by atoms with Gasteiger partial charge >= 0.3 is 0 Å². The molecule has 1 N–H and O–H groups in total. The van der Waals surface area contributed by atoms with Gasteiger partial charge in [-0.3, -0.25) is 4.79 Å². The van der Waals surface area contributed by atoms with E-state index in [9.17, 15) is 13.2 Å². The number of nitrogens with one attached hydrogen (secondary N) is 1. The monoisotopic (exact) mass is 429 g/mol. The second kappa shape index (κ2) is 7.85. The maximum absolute atomic E-state index is 13.0. The van der Waals surface area contributed by atoms with E-state index >= 15 is 0 Å². The maximum Gasteiger partial charge on any atom is 0.243 e. The van der Waals surface area contributed by atoms with E-state index in [2.05, 4.69) is 10.3 Å². The van der Waals surface area contributed by atoms with E-state index in [1.54, 1.807) is 35.6 Å². The molecule has 1 aromatic heterocycles. The molecule has 4 rings (SSSR count). The lowest BCUT2D eigenvalue weighted by molar-refractivity contribution is -0.120. The molecule has 1 unspecified atom stereocenters. The second-order valence-electron chi connectivity index (χ2n) is 7.42. The van der Waals surface area contributed by atoms with E-state index in [0.29, 0.717) is 25.1 Å². The van der Waals surface area contributed by atoms with Crippen LogP contribution in [0.15, 0.2) is 47.4 Å². The van der Waals surface area contributed by atoms with Gasteiger partial charge in [-0.15, -0.1) is 11.3 Å². The largest absolute Gasteiger partial charge is 0.326 e. The summed E-state index contributed by atoms with van der Waals surface area (Å²) in [5, 5.41) is 3.92. The van der Waals surface area contributed by atoms with Gasteiger partial charge in [0.25, 0.3) is 0 Å². The number of amides is 1. The normalized spacial score (nSPS) is 18.1. The Bertz CT molecular complexity index is 1150. The van der Waals surface area contributed by atoms with Crippen LogP contribution in [0.4, 0.5) is 5.69 Å². The molecule has 29 heavy (non-hydrogen) atoms. The molecular formula is C21H23N3O3S2. The smallest absolute Gasteiger partial charge is 0.243 e. The third-order valence-corrected chi connectivity index (χ3v) is 8.01. The number of carbonyl (C=O) groups is 1. The van der Waals surface area contributed by atoms with Crippen molar-refractivity contribution >= 4 is 43.2 Å². The van der Waals surface area contributed by atoms with E-state index in [0.717, 1.165) is 20.8 Å². The van der Waals surface area contributed by atoms with Crippen LogP contribution in [0.25, 0.3) is 10.2 Å². The topological polar surface area (TPSA) is 79.4 Å². The average molecular weight is 430 g/mol. The highest BCUT2D eigenvalue weighted by Gasteiger charge is 2.33. The minimum atomic E-state index is -3.60. The van der Waals surface area contributed by atoms with Crippen molar-refractivity contribution in [2.24, 2.45) is 5.92 Å². The second-order valence-corrected chi connectivity index (χ2v) is 10.6. The number of aromatic nitrogens is 1. The number of aryl methyl sites for hydroxylation is 2. The Hall–Kier alpha value is -2.29. The highest BCUT2D eigenvalue weighted by Crippen LogP contribution is 2.27. The first-order chi connectivity index (χ1) is 13.8. The van der Waals surface area contributed by atoms with Crippen molar-refractivity contribution in [3.05, 3.63) is 53.0 Å². The molecule has 0 radical (unpaired) electrons. The van der Waals surface area contributed by atoms with E-state index in [1.165, 1.54) is 4.31 Å². The first-order valence-corrected chi connectivity index (χ1v) is 11.8. The summed E-state index contributed by atoms with van der Waals surface area (Å²) < 4.78 is 28.4. The van der Waals surface area contributed by atoms with Crippen LogP contribution in [-0.2, 0) is 14.8 Å². The van der Waals surface area contributed by atoms with Gasteiger partial charge in [0.05, 0.1) is 26.0 Å². The van der Waals surface area contributed by atoms with Crippen molar-refractivity contribution < 1.29 is 13.2 Å². The molecule has 2 heterocycles. The van der Waals surface area contributed by atoms with Crippen molar-refractivity contribution in [2.75, 3.05) is 18.4 Å². The molecule has 1 atom stereocenters. The molecule has 1 aliphatic rings. The highest BCUT2D eigenvalue weighted by molar-refractivity contribution is 7.89. The molecule has 8 heteroatoms. The van der Waals surface area contributed by atoms with Gasteiger partial charge < -0.3 is 5.32 Å². The number of rotatable bonds is 4. The summed E-state index contributed by atoms with van der Waals surface area (Å²) in [7, 11) is -3.60. The fourth-order valence-corrected chi connectivity index (χ4v) is 5.93. The van der Waals surface area contributed by atoms with Crippen molar-refractivity contribution in [1.29, 1.82) is 0 Å². The first-order valence-electron chi connectivity index (χ1n) is 9.58. The van der Waals surface area contributed by atoms with Crippen molar-refractivity contribution in [3.63, 3.8) is 0 Å². The Morgan fingerprint density at radius 3 is 2.69 bits per heavy atom. The molecule has 0 aliphatic carbocycles. The molecular weight excluding hydrogens is 406 g/mol. The van der Waals surface area contributed by atoms with Crippen LogP contribution in [-0.4, -0.2) is 36.7 Å². The van der Waals surface area contributed by atoms with Gasteiger partial charge in [0.15, 0.2) is 0 Å². The number of hydrogen-bond donors (Lipinski definition) is 1. The van der Waals surface area contributed by atoms with Gasteiger partial charge in [-0.25, -0.2) is 13.4 Å². The van der Waals surface area contributed by atoms with Crippen LogP contribution in [0.2, 0.25) is 0 Å². The number of thiazole rings is 1. The number of nitrogens with zero attached hydrogens (tertiary/aromatic N) is 2. The SMILES string of the molecule is Cc1ccc(S(=O)(=O)N2CCCC(C(=O)Nc3ccc4sc(C)nc4c3)C2)cc1. The zero-order valence-electron chi connectivity index (χ0n) is 16.4. The summed E-state index contributed by atoms with van der Waals surface area (Å²) in [6, 6.07) is 12.5. The summed E-state index contributed by atoms with van der Waals surface area (Å²) in [6.45, 7) is 4.50. The lowest BCUT2D eigenvalue weighted by Gasteiger charge is -2.31. The molecule has 0 saturated carbocycles. The number of benzene rings is 2. The molecule has 152 valence electrons. The van der Waals surface area contributed by atoms with Gasteiger partial charge in [-0.05, 0) is 57.0 Å². The molecule has 6 nitrogen and oxygen atoms in total. The Morgan fingerprint density at radius 1 is 1.17 bits per heavy atom. The van der Waals surface area contributed by atoms with Crippen molar-refractivity contribution in [3.8, 4) is 0 Å². The van der Waals surface area contributed by atoms with Crippen molar-refractivity contribution in [2.45, 2.75) is 31.6 Å². The number of piperidine rings is 1.